The van der Waals surface area contributed by atoms with E-state index < -0.39 is 23.5 Å². The molecule has 7 atom stereocenters. The number of fused-ring (bicyclic) bond motifs is 4. The van der Waals surface area contributed by atoms with Crippen molar-refractivity contribution >= 4 is 0 Å². The monoisotopic (exact) mass is 371 g/mol. The summed E-state index contributed by atoms with van der Waals surface area (Å²) in [7, 11) is 3.75. The molecule has 3 N–H and O–H groups in total. The van der Waals surface area contributed by atoms with Gasteiger partial charge < -0.3 is 15.5 Å². The molecule has 5 heteroatoms. The Morgan fingerprint density at radius 2 is 1.85 bits per heavy atom. The number of rotatable bonds is 0. The Hall–Kier alpha value is -0.520. The van der Waals surface area contributed by atoms with Crippen molar-refractivity contribution in [2.45, 2.75) is 88.3 Å². The molecule has 4 aliphatic rings. The maximum Gasteiger partial charge on any atom is 0.158 e. The van der Waals surface area contributed by atoms with Crippen LogP contribution in [0, 0.1) is 17.3 Å². The molecule has 150 valence electrons. The zero-order valence-corrected chi connectivity index (χ0v) is 16.4. The molecule has 0 spiro atoms. The van der Waals surface area contributed by atoms with Gasteiger partial charge in [-0.05, 0) is 81.9 Å². The molecule has 0 bridgehead atoms. The van der Waals surface area contributed by atoms with Crippen molar-refractivity contribution in [1.82, 2.24) is 5.32 Å². The normalized spacial score (nSPS) is 50.3. The molecule has 0 aromatic carbocycles. The van der Waals surface area contributed by atoms with Crippen molar-refractivity contribution in [1.29, 1.82) is 0 Å². The molecule has 26 heavy (non-hydrogen) atoms. The van der Waals surface area contributed by atoms with Crippen molar-refractivity contribution in [3.8, 4) is 0 Å². The minimum Gasteiger partial charge on any atom is -0.393 e. The van der Waals surface area contributed by atoms with Crippen LogP contribution in [-0.4, -0.2) is 47.9 Å². The molecule has 3 fully saturated rings. The topological polar surface area (TPSA) is 52.5 Å². The third kappa shape index (κ3) is 3.04. The minimum absolute atomic E-state index is 0.0243. The lowest BCUT2D eigenvalue weighted by molar-refractivity contribution is -0.0726. The molecule has 6 unspecified atom stereocenters. The van der Waals surface area contributed by atoms with Gasteiger partial charge in [-0.15, -0.1) is 0 Å². The molecule has 0 aliphatic heterocycles. The first-order chi connectivity index (χ1) is 12.2. The highest BCUT2D eigenvalue weighted by atomic mass is 19.2. The fourth-order valence-electron chi connectivity index (χ4n) is 6.27. The van der Waals surface area contributed by atoms with E-state index in [0.29, 0.717) is 31.3 Å². The number of allylic oxidation sites excluding steroid dienone is 1. The molecule has 0 aromatic rings. The Balaban J connectivity index is 0.000000613. The molecule has 4 rings (SSSR count). The number of halogens is 2. The Morgan fingerprint density at radius 1 is 1.15 bits per heavy atom. The standard InChI is InChI=1S/C19H28F2O2.C2H7N/c1-17-8-2-3-15(17)19(23)10-6-12-4-5-13(22)11-18(12,21)16(20)14(19)7-9-17;1-3-2/h7,12-13,15-16,22-23H,2-6,8-11H2,1H3;3H,1-2H3/t12?,13?,15?,16?,17?,18?,19-;/m1./s1. The summed E-state index contributed by atoms with van der Waals surface area (Å²) >= 11 is 0. The lowest BCUT2D eigenvalue weighted by Crippen LogP contribution is -2.53. The summed E-state index contributed by atoms with van der Waals surface area (Å²) in [5.74, 6) is -0.342. The van der Waals surface area contributed by atoms with E-state index in [1.54, 1.807) is 6.08 Å². The number of aliphatic hydroxyl groups excluding tert-OH is 1. The van der Waals surface area contributed by atoms with E-state index in [9.17, 15) is 10.2 Å². The molecular weight excluding hydrogens is 336 g/mol. The van der Waals surface area contributed by atoms with Crippen molar-refractivity contribution in [3.63, 3.8) is 0 Å². The lowest BCUT2D eigenvalue weighted by Gasteiger charge is -2.49. The Bertz CT molecular complexity index is 556. The molecule has 0 amide bonds. The summed E-state index contributed by atoms with van der Waals surface area (Å²) in [6.07, 6.45) is 4.94. The van der Waals surface area contributed by atoms with E-state index in [0.717, 1.165) is 25.7 Å². The summed E-state index contributed by atoms with van der Waals surface area (Å²) in [6, 6.07) is 0. The number of nitrogens with one attached hydrogen (secondary N) is 1. The maximum atomic E-state index is 15.6. The quantitative estimate of drug-likeness (QED) is 0.569. The molecule has 0 radical (unpaired) electrons. The van der Waals surface area contributed by atoms with Crippen LogP contribution in [0.3, 0.4) is 0 Å². The number of aliphatic hydroxyl groups is 2. The molecule has 3 nitrogen and oxygen atoms in total. The van der Waals surface area contributed by atoms with Gasteiger partial charge in [0.15, 0.2) is 11.8 Å². The third-order valence-corrected chi connectivity index (χ3v) is 7.59. The van der Waals surface area contributed by atoms with Crippen LogP contribution in [0.25, 0.3) is 0 Å². The molecule has 4 aliphatic carbocycles. The van der Waals surface area contributed by atoms with E-state index in [4.69, 9.17) is 0 Å². The highest BCUT2D eigenvalue weighted by Gasteiger charge is 2.62. The third-order valence-electron chi connectivity index (χ3n) is 7.59. The largest absolute Gasteiger partial charge is 0.393 e. The fourth-order valence-corrected chi connectivity index (χ4v) is 6.27. The van der Waals surface area contributed by atoms with Gasteiger partial charge in [-0.1, -0.05) is 19.4 Å². The highest BCUT2D eigenvalue weighted by Crippen LogP contribution is 2.61. The average molecular weight is 372 g/mol. The minimum atomic E-state index is -2.01. The second kappa shape index (κ2) is 7.14. The van der Waals surface area contributed by atoms with Gasteiger partial charge in [-0.3, -0.25) is 0 Å². The Labute approximate surface area is 156 Å². The predicted octanol–water partition coefficient (Wildman–Crippen LogP) is 3.69. The maximum absolute atomic E-state index is 15.6. The smallest absolute Gasteiger partial charge is 0.158 e. The van der Waals surface area contributed by atoms with Crippen LogP contribution in [0.5, 0.6) is 0 Å². The molecule has 3 saturated carbocycles. The van der Waals surface area contributed by atoms with Gasteiger partial charge in [0.25, 0.3) is 0 Å². The van der Waals surface area contributed by atoms with Crippen LogP contribution in [0.4, 0.5) is 8.78 Å². The first kappa shape index (κ1) is 20.2. The second-order valence-corrected chi connectivity index (χ2v) is 9.35. The zero-order valence-electron chi connectivity index (χ0n) is 16.4. The van der Waals surface area contributed by atoms with Gasteiger partial charge >= 0.3 is 0 Å². The van der Waals surface area contributed by atoms with Gasteiger partial charge in [-0.2, -0.15) is 0 Å². The average Bonchev–Trinajstić information content (AvgIpc) is 2.94. The van der Waals surface area contributed by atoms with E-state index in [1.165, 1.54) is 0 Å². The van der Waals surface area contributed by atoms with Gasteiger partial charge in [0.1, 0.15) is 0 Å². The first-order valence-electron chi connectivity index (χ1n) is 10.2. The van der Waals surface area contributed by atoms with Crippen LogP contribution in [0.1, 0.15) is 64.7 Å². The SMILES string of the molecule is CC12CC=C3C(F)C4(F)CC(O)CCC4CC[C@]3(O)C1CCC2.CNC. The molecule has 0 heterocycles. The number of alkyl halides is 2. The van der Waals surface area contributed by atoms with Crippen LogP contribution >= 0.6 is 0 Å². The summed E-state index contributed by atoms with van der Waals surface area (Å²) in [4.78, 5) is 0. The second-order valence-electron chi connectivity index (χ2n) is 9.35. The van der Waals surface area contributed by atoms with Gasteiger partial charge in [-0.25, -0.2) is 8.78 Å². The van der Waals surface area contributed by atoms with Crippen LogP contribution in [0.2, 0.25) is 0 Å². The summed E-state index contributed by atoms with van der Waals surface area (Å²) in [5, 5.41) is 24.1. The van der Waals surface area contributed by atoms with Crippen molar-refractivity contribution in [2.75, 3.05) is 14.1 Å². The van der Waals surface area contributed by atoms with Crippen LogP contribution in [0.15, 0.2) is 11.6 Å². The van der Waals surface area contributed by atoms with Crippen LogP contribution in [-0.2, 0) is 0 Å². The van der Waals surface area contributed by atoms with E-state index in [1.807, 2.05) is 14.1 Å². The Kier molecular flexibility index (Phi) is 5.55. The number of hydrogen-bond acceptors (Lipinski definition) is 3. The van der Waals surface area contributed by atoms with Crippen molar-refractivity contribution in [3.05, 3.63) is 11.6 Å². The fraction of sp³-hybridized carbons (Fsp3) is 0.905. The Morgan fingerprint density at radius 3 is 2.54 bits per heavy atom. The highest BCUT2D eigenvalue weighted by molar-refractivity contribution is 5.34. The number of hydrogen-bond donors (Lipinski definition) is 3. The summed E-state index contributed by atoms with van der Waals surface area (Å²) in [5.41, 5.74) is -2.89. The predicted molar refractivity (Wildman–Crippen MR) is 99.4 cm³/mol. The van der Waals surface area contributed by atoms with Gasteiger partial charge in [0.05, 0.1) is 11.7 Å². The molecule has 0 saturated heterocycles. The van der Waals surface area contributed by atoms with E-state index >= 15 is 8.78 Å². The first-order valence-corrected chi connectivity index (χ1v) is 10.2. The van der Waals surface area contributed by atoms with E-state index in [-0.39, 0.29) is 23.7 Å². The zero-order chi connectivity index (χ0) is 19.2. The van der Waals surface area contributed by atoms with Crippen LogP contribution < -0.4 is 5.32 Å². The van der Waals surface area contributed by atoms with Crippen molar-refractivity contribution < 1.29 is 19.0 Å². The summed E-state index contributed by atoms with van der Waals surface area (Å²) in [6.45, 7) is 2.19. The lowest BCUT2D eigenvalue weighted by atomic mass is 9.60. The molecule has 0 aromatic heterocycles. The summed E-state index contributed by atoms with van der Waals surface area (Å²) < 4.78 is 31.0. The van der Waals surface area contributed by atoms with Crippen molar-refractivity contribution in [2.24, 2.45) is 17.3 Å². The van der Waals surface area contributed by atoms with E-state index in [2.05, 4.69) is 12.2 Å². The van der Waals surface area contributed by atoms with Gasteiger partial charge in [0, 0.05) is 6.42 Å². The molecular formula is C21H35F2NO2. The van der Waals surface area contributed by atoms with Gasteiger partial charge in [0.2, 0.25) is 0 Å².